The maximum Gasteiger partial charge on any atom is 0.235 e. The Kier molecular flexibility index (Phi) is 5.25. The lowest BCUT2D eigenvalue weighted by molar-refractivity contribution is -0.138. The molecule has 0 spiro atoms. The van der Waals surface area contributed by atoms with Crippen molar-refractivity contribution in [3.8, 4) is 0 Å². The Balaban J connectivity index is 2.17. The summed E-state index contributed by atoms with van der Waals surface area (Å²) in [5, 5.41) is 10.0. The van der Waals surface area contributed by atoms with Gasteiger partial charge in [0.25, 0.3) is 0 Å². The van der Waals surface area contributed by atoms with Gasteiger partial charge in [-0.2, -0.15) is 0 Å². The molecule has 1 aliphatic heterocycles. The second-order valence-electron chi connectivity index (χ2n) is 6.73. The predicted octanol–water partition coefficient (Wildman–Crippen LogP) is 2.09. The van der Waals surface area contributed by atoms with Crippen LogP contribution in [0.4, 0.5) is 0 Å². The lowest BCUT2D eigenvalue weighted by atomic mass is 9.77. The van der Waals surface area contributed by atoms with E-state index in [2.05, 4.69) is 13.8 Å². The molecule has 21 heavy (non-hydrogen) atoms. The van der Waals surface area contributed by atoms with E-state index in [4.69, 9.17) is 18.0 Å². The Morgan fingerprint density at radius 2 is 1.90 bits per heavy atom. The molecule has 0 aromatic rings. The van der Waals surface area contributed by atoms with Gasteiger partial charge >= 0.3 is 0 Å². The molecule has 1 saturated carbocycles. The smallest absolute Gasteiger partial charge is 0.235 e. The van der Waals surface area contributed by atoms with Crippen molar-refractivity contribution in [2.75, 3.05) is 13.1 Å². The monoisotopic (exact) mass is 312 g/mol. The molecule has 0 bridgehead atoms. The van der Waals surface area contributed by atoms with Crippen LogP contribution >= 0.6 is 12.2 Å². The van der Waals surface area contributed by atoms with Crippen LogP contribution in [-0.2, 0) is 4.79 Å². The number of rotatable bonds is 6. The highest BCUT2D eigenvalue weighted by Crippen LogP contribution is 2.41. The van der Waals surface area contributed by atoms with Gasteiger partial charge in [0.15, 0.2) is 0 Å². The zero-order valence-corrected chi connectivity index (χ0v) is 14.0. The lowest BCUT2D eigenvalue weighted by Crippen LogP contribution is -2.50. The fourth-order valence-electron chi connectivity index (χ4n) is 4.25. The minimum atomic E-state index is -0.678. The van der Waals surface area contributed by atoms with Gasteiger partial charge in [-0.3, -0.25) is 4.79 Å². The molecule has 1 amide bonds. The Morgan fingerprint density at radius 1 is 1.29 bits per heavy atom. The van der Waals surface area contributed by atoms with Gasteiger partial charge in [0, 0.05) is 19.0 Å². The molecule has 0 aromatic heterocycles. The highest BCUT2D eigenvalue weighted by Gasteiger charge is 2.49. The van der Waals surface area contributed by atoms with E-state index in [1.54, 1.807) is 0 Å². The number of carbonyl (C=O) groups excluding carboxylic acids is 1. The van der Waals surface area contributed by atoms with Crippen molar-refractivity contribution in [1.82, 2.24) is 4.90 Å². The topological polar surface area (TPSA) is 66.6 Å². The first-order chi connectivity index (χ1) is 9.96. The molecular formula is C16H28N2O2S. The number of carbonyl (C=O) groups is 1. The number of aliphatic hydroxyl groups is 1. The molecule has 4 nitrogen and oxygen atoms in total. The first kappa shape index (κ1) is 16.7. The standard InChI is InChI=1S/C16H28N2O2S/c1-3-7-16(8-4-2,14(17)21)15(20)18-9-11-5-6-13(19)12(11)10-18/h11-13,19H,3-10H2,1-2H3,(H2,17,21). The maximum atomic E-state index is 13.1. The number of thiocarbonyl (C=S) groups is 1. The van der Waals surface area contributed by atoms with E-state index in [0.29, 0.717) is 17.5 Å². The summed E-state index contributed by atoms with van der Waals surface area (Å²) in [5.74, 6) is 0.804. The van der Waals surface area contributed by atoms with E-state index in [0.717, 1.165) is 45.1 Å². The fraction of sp³-hybridized carbons (Fsp3) is 0.875. The van der Waals surface area contributed by atoms with Crippen molar-refractivity contribution >= 4 is 23.1 Å². The molecule has 2 aliphatic rings. The van der Waals surface area contributed by atoms with Gasteiger partial charge < -0.3 is 15.7 Å². The second-order valence-corrected chi connectivity index (χ2v) is 7.16. The van der Waals surface area contributed by atoms with Gasteiger partial charge in [0.1, 0.15) is 0 Å². The highest BCUT2D eigenvalue weighted by atomic mass is 32.1. The van der Waals surface area contributed by atoms with Gasteiger partial charge in [-0.05, 0) is 31.6 Å². The summed E-state index contributed by atoms with van der Waals surface area (Å²) in [7, 11) is 0. The van der Waals surface area contributed by atoms with E-state index >= 15 is 0 Å². The Labute approximate surface area is 133 Å². The number of fused-ring (bicyclic) bond motifs is 1. The van der Waals surface area contributed by atoms with E-state index in [1.807, 2.05) is 4.90 Å². The first-order valence-electron chi connectivity index (χ1n) is 8.23. The second kappa shape index (κ2) is 6.61. The average molecular weight is 312 g/mol. The third-order valence-electron chi connectivity index (χ3n) is 5.34. The summed E-state index contributed by atoms with van der Waals surface area (Å²) in [6, 6.07) is 0. The maximum absolute atomic E-state index is 13.1. The fourth-order valence-corrected chi connectivity index (χ4v) is 4.54. The van der Waals surface area contributed by atoms with Crippen LogP contribution < -0.4 is 5.73 Å². The summed E-state index contributed by atoms with van der Waals surface area (Å²) in [5.41, 5.74) is 5.31. The van der Waals surface area contributed by atoms with E-state index in [1.165, 1.54) is 0 Å². The molecule has 1 heterocycles. The zero-order chi connectivity index (χ0) is 15.6. The number of likely N-dealkylation sites (tertiary alicyclic amines) is 1. The van der Waals surface area contributed by atoms with Crippen LogP contribution in [0.25, 0.3) is 0 Å². The zero-order valence-electron chi connectivity index (χ0n) is 13.2. The van der Waals surface area contributed by atoms with E-state index in [9.17, 15) is 9.90 Å². The van der Waals surface area contributed by atoms with Gasteiger partial charge in [-0.1, -0.05) is 38.9 Å². The molecule has 2 rings (SSSR count). The summed E-state index contributed by atoms with van der Waals surface area (Å²) < 4.78 is 0. The summed E-state index contributed by atoms with van der Waals surface area (Å²) in [6.45, 7) is 5.57. The van der Waals surface area contributed by atoms with Gasteiger partial charge in [-0.15, -0.1) is 0 Å². The van der Waals surface area contributed by atoms with E-state index in [-0.39, 0.29) is 17.9 Å². The molecule has 3 atom stereocenters. The Bertz CT molecular complexity index is 407. The Hall–Kier alpha value is -0.680. The van der Waals surface area contributed by atoms with Crippen LogP contribution in [0.3, 0.4) is 0 Å². The number of aliphatic hydroxyl groups excluding tert-OH is 1. The predicted molar refractivity (Wildman–Crippen MR) is 87.8 cm³/mol. The van der Waals surface area contributed by atoms with Crippen LogP contribution in [-0.4, -0.2) is 40.1 Å². The molecule has 3 unspecified atom stereocenters. The third-order valence-corrected chi connectivity index (χ3v) is 5.73. The van der Waals surface area contributed by atoms with Crippen molar-refractivity contribution in [3.05, 3.63) is 0 Å². The number of hydrogen-bond donors (Lipinski definition) is 2. The van der Waals surface area contributed by atoms with Gasteiger partial charge in [0.05, 0.1) is 16.5 Å². The number of nitrogens with two attached hydrogens (primary N) is 1. The number of nitrogens with zero attached hydrogens (tertiary/aromatic N) is 1. The molecular weight excluding hydrogens is 284 g/mol. The lowest BCUT2D eigenvalue weighted by Gasteiger charge is -2.35. The highest BCUT2D eigenvalue weighted by molar-refractivity contribution is 7.80. The molecule has 1 saturated heterocycles. The van der Waals surface area contributed by atoms with Crippen LogP contribution in [0, 0.1) is 17.3 Å². The first-order valence-corrected chi connectivity index (χ1v) is 8.64. The molecule has 5 heteroatoms. The Morgan fingerprint density at radius 3 is 2.38 bits per heavy atom. The normalized spacial score (nSPS) is 28.7. The molecule has 0 radical (unpaired) electrons. The minimum Gasteiger partial charge on any atom is -0.393 e. The van der Waals surface area contributed by atoms with Crippen molar-refractivity contribution < 1.29 is 9.90 Å². The molecule has 120 valence electrons. The SMILES string of the molecule is CCCC(CCC)(C(=O)N1CC2CCC(O)C2C1)C(N)=S. The molecule has 2 fully saturated rings. The summed E-state index contributed by atoms with van der Waals surface area (Å²) in [4.78, 5) is 15.4. The molecule has 1 aliphatic carbocycles. The van der Waals surface area contributed by atoms with Crippen LogP contribution in [0.5, 0.6) is 0 Å². The third kappa shape index (κ3) is 2.95. The van der Waals surface area contributed by atoms with Crippen LogP contribution in [0.15, 0.2) is 0 Å². The average Bonchev–Trinajstić information content (AvgIpc) is 3.00. The van der Waals surface area contributed by atoms with Crippen molar-refractivity contribution in [1.29, 1.82) is 0 Å². The largest absolute Gasteiger partial charge is 0.393 e. The van der Waals surface area contributed by atoms with Crippen molar-refractivity contribution in [2.45, 2.75) is 58.5 Å². The minimum absolute atomic E-state index is 0.0975. The number of amides is 1. The molecule has 0 aromatic carbocycles. The van der Waals surface area contributed by atoms with Crippen molar-refractivity contribution in [2.24, 2.45) is 23.0 Å². The number of hydrogen-bond acceptors (Lipinski definition) is 3. The molecule has 3 N–H and O–H groups in total. The van der Waals surface area contributed by atoms with Crippen molar-refractivity contribution in [3.63, 3.8) is 0 Å². The van der Waals surface area contributed by atoms with Gasteiger partial charge in [-0.25, -0.2) is 0 Å². The van der Waals surface area contributed by atoms with E-state index < -0.39 is 5.41 Å². The quantitative estimate of drug-likeness (QED) is 0.737. The van der Waals surface area contributed by atoms with Crippen LogP contribution in [0.1, 0.15) is 52.4 Å². The summed E-state index contributed by atoms with van der Waals surface area (Å²) >= 11 is 5.28. The van der Waals surface area contributed by atoms with Gasteiger partial charge in [0.2, 0.25) is 5.91 Å². The van der Waals surface area contributed by atoms with Crippen LogP contribution in [0.2, 0.25) is 0 Å². The summed E-state index contributed by atoms with van der Waals surface area (Å²) in [6.07, 6.45) is 4.90.